The van der Waals surface area contributed by atoms with Crippen LogP contribution in [-0.4, -0.2) is 20.9 Å². The minimum atomic E-state index is -0.472. The van der Waals surface area contributed by atoms with Crippen molar-refractivity contribution in [2.24, 2.45) is 0 Å². The Morgan fingerprint density at radius 2 is 2.04 bits per heavy atom. The molecule has 25 heavy (non-hydrogen) atoms. The van der Waals surface area contributed by atoms with Gasteiger partial charge in [0.2, 0.25) is 0 Å². The van der Waals surface area contributed by atoms with Gasteiger partial charge in [-0.3, -0.25) is 20.2 Å². The van der Waals surface area contributed by atoms with Gasteiger partial charge in [-0.1, -0.05) is 35.1 Å². The van der Waals surface area contributed by atoms with Crippen LogP contribution >= 0.6 is 35.2 Å². The van der Waals surface area contributed by atoms with Gasteiger partial charge in [0.1, 0.15) is 0 Å². The number of thiocarbonyl (C=S) groups is 1. The molecule has 2 N–H and O–H groups in total. The van der Waals surface area contributed by atoms with Crippen LogP contribution in [0.2, 0.25) is 5.02 Å². The highest BCUT2D eigenvalue weighted by atomic mass is 35.5. The predicted octanol–water partition coefficient (Wildman–Crippen LogP) is 3.98. The first-order valence-electron chi connectivity index (χ1n) is 6.86. The Kier molecular flexibility index (Phi) is 4.88. The number of carbonyl (C=O) groups excluding carboxylic acids is 1. The molecule has 1 aromatic heterocycles. The lowest BCUT2D eigenvalue weighted by atomic mass is 10.2. The van der Waals surface area contributed by atoms with Gasteiger partial charge in [0.15, 0.2) is 10.2 Å². The molecule has 0 fully saturated rings. The van der Waals surface area contributed by atoms with Gasteiger partial charge in [-0.2, -0.15) is 0 Å². The van der Waals surface area contributed by atoms with Crippen LogP contribution in [0.5, 0.6) is 0 Å². The summed E-state index contributed by atoms with van der Waals surface area (Å²) in [4.78, 5) is 26.7. The Labute approximate surface area is 155 Å². The Balaban J connectivity index is 1.72. The van der Waals surface area contributed by atoms with Crippen LogP contribution in [0, 0.1) is 10.1 Å². The second kappa shape index (κ2) is 7.09. The van der Waals surface area contributed by atoms with E-state index < -0.39 is 10.8 Å². The normalized spacial score (nSPS) is 10.4. The van der Waals surface area contributed by atoms with Crippen molar-refractivity contribution in [1.82, 2.24) is 10.3 Å². The van der Waals surface area contributed by atoms with Gasteiger partial charge < -0.3 is 5.32 Å². The maximum atomic E-state index is 12.1. The third-order valence-corrected chi connectivity index (χ3v) is 4.62. The SMILES string of the molecule is O=C(NC(=S)Nc1nc2ccc([N+](=O)[O-])cc2s1)c1ccccc1Cl. The van der Waals surface area contributed by atoms with Crippen molar-refractivity contribution in [2.45, 2.75) is 0 Å². The number of amides is 1. The summed E-state index contributed by atoms with van der Waals surface area (Å²) in [6.07, 6.45) is 0. The topological polar surface area (TPSA) is 97.2 Å². The second-order valence-corrected chi connectivity index (χ2v) is 6.66. The van der Waals surface area contributed by atoms with E-state index in [1.807, 2.05) is 0 Å². The van der Waals surface area contributed by atoms with Crippen molar-refractivity contribution in [1.29, 1.82) is 0 Å². The summed E-state index contributed by atoms with van der Waals surface area (Å²) in [5.41, 5.74) is 0.879. The molecular weight excluding hydrogens is 384 g/mol. The Morgan fingerprint density at radius 3 is 2.76 bits per heavy atom. The average Bonchev–Trinajstić information content (AvgIpc) is 2.95. The quantitative estimate of drug-likeness (QED) is 0.397. The van der Waals surface area contributed by atoms with Crippen LogP contribution in [-0.2, 0) is 0 Å². The van der Waals surface area contributed by atoms with Crippen LogP contribution < -0.4 is 10.6 Å². The van der Waals surface area contributed by atoms with Gasteiger partial charge >= 0.3 is 0 Å². The van der Waals surface area contributed by atoms with Crippen LogP contribution in [0.25, 0.3) is 10.2 Å². The fourth-order valence-corrected chi connectivity index (χ4v) is 3.40. The molecule has 0 unspecified atom stereocenters. The summed E-state index contributed by atoms with van der Waals surface area (Å²) >= 11 is 12.3. The average molecular weight is 393 g/mol. The predicted molar refractivity (Wildman–Crippen MR) is 101 cm³/mol. The number of halogens is 1. The number of nitro groups is 1. The number of hydrogen-bond donors (Lipinski definition) is 2. The minimum absolute atomic E-state index is 0.0164. The largest absolute Gasteiger partial charge is 0.308 e. The van der Waals surface area contributed by atoms with Crippen molar-refractivity contribution < 1.29 is 9.72 Å². The molecule has 0 atom stereocenters. The molecule has 3 aromatic rings. The first kappa shape index (κ1) is 17.2. The first-order chi connectivity index (χ1) is 11.9. The van der Waals surface area contributed by atoms with E-state index in [0.29, 0.717) is 25.9 Å². The van der Waals surface area contributed by atoms with E-state index in [2.05, 4.69) is 15.6 Å². The zero-order valence-corrected chi connectivity index (χ0v) is 14.7. The molecule has 3 rings (SSSR count). The standard InChI is InChI=1S/C15H9ClN4O3S2/c16-10-4-2-1-3-9(10)13(21)18-14(24)19-15-17-11-6-5-8(20(22)23)7-12(11)25-15/h1-7H,(H2,17,18,19,21,24). The summed E-state index contributed by atoms with van der Waals surface area (Å²) in [6.45, 7) is 0. The molecule has 0 saturated carbocycles. The monoisotopic (exact) mass is 392 g/mol. The number of hydrogen-bond acceptors (Lipinski definition) is 6. The zero-order chi connectivity index (χ0) is 18.0. The lowest BCUT2D eigenvalue weighted by Crippen LogP contribution is -2.34. The van der Waals surface area contributed by atoms with E-state index in [-0.39, 0.29) is 10.8 Å². The van der Waals surface area contributed by atoms with Gasteiger partial charge in [0.05, 0.1) is 25.7 Å². The number of non-ortho nitro benzene ring substituents is 1. The van der Waals surface area contributed by atoms with Gasteiger partial charge in [0, 0.05) is 12.1 Å². The van der Waals surface area contributed by atoms with Crippen molar-refractivity contribution in [3.05, 3.63) is 63.2 Å². The number of fused-ring (bicyclic) bond motifs is 1. The van der Waals surface area contributed by atoms with E-state index in [9.17, 15) is 14.9 Å². The number of nitro benzene ring substituents is 1. The van der Waals surface area contributed by atoms with E-state index in [0.717, 1.165) is 0 Å². The molecule has 0 aliphatic heterocycles. The van der Waals surface area contributed by atoms with Gasteiger partial charge in [-0.05, 0) is 30.4 Å². The molecule has 126 valence electrons. The van der Waals surface area contributed by atoms with Gasteiger partial charge in [-0.15, -0.1) is 0 Å². The second-order valence-electron chi connectivity index (χ2n) is 4.82. The molecule has 0 aliphatic rings. The maximum absolute atomic E-state index is 12.1. The summed E-state index contributed by atoms with van der Waals surface area (Å²) in [5.74, 6) is -0.445. The van der Waals surface area contributed by atoms with Gasteiger partial charge in [-0.25, -0.2) is 4.98 Å². The number of carbonyl (C=O) groups is 1. The Morgan fingerprint density at radius 1 is 1.28 bits per heavy atom. The number of aromatic nitrogens is 1. The van der Waals surface area contributed by atoms with Crippen LogP contribution in [0.1, 0.15) is 10.4 Å². The van der Waals surface area contributed by atoms with E-state index in [4.69, 9.17) is 23.8 Å². The van der Waals surface area contributed by atoms with Crippen LogP contribution in [0.4, 0.5) is 10.8 Å². The number of rotatable bonds is 3. The molecule has 0 aliphatic carbocycles. The third-order valence-electron chi connectivity index (χ3n) is 3.15. The van der Waals surface area contributed by atoms with Crippen molar-refractivity contribution >= 4 is 67.2 Å². The van der Waals surface area contributed by atoms with Crippen molar-refractivity contribution in [3.8, 4) is 0 Å². The molecule has 1 amide bonds. The molecule has 0 bridgehead atoms. The van der Waals surface area contributed by atoms with Gasteiger partial charge in [0.25, 0.3) is 11.6 Å². The third kappa shape index (κ3) is 3.90. The molecule has 0 spiro atoms. The van der Waals surface area contributed by atoms with Crippen LogP contribution in [0.3, 0.4) is 0 Å². The number of nitrogens with zero attached hydrogens (tertiary/aromatic N) is 2. The highest BCUT2D eigenvalue weighted by molar-refractivity contribution is 7.80. The number of thiazole rings is 1. The molecular formula is C15H9ClN4O3S2. The Bertz CT molecular complexity index is 1010. The van der Waals surface area contributed by atoms with Crippen molar-refractivity contribution in [2.75, 3.05) is 5.32 Å². The summed E-state index contributed by atoms with van der Waals surface area (Å²) < 4.78 is 0.636. The summed E-state index contributed by atoms with van der Waals surface area (Å²) in [5, 5.41) is 16.9. The zero-order valence-electron chi connectivity index (χ0n) is 12.4. The van der Waals surface area contributed by atoms with E-state index >= 15 is 0 Å². The highest BCUT2D eigenvalue weighted by Gasteiger charge is 2.14. The van der Waals surface area contributed by atoms with E-state index in [1.54, 1.807) is 30.3 Å². The summed E-state index contributed by atoms with van der Waals surface area (Å²) in [6, 6.07) is 11.0. The molecule has 7 nitrogen and oxygen atoms in total. The fraction of sp³-hybridized carbons (Fsp3) is 0. The lowest BCUT2D eigenvalue weighted by molar-refractivity contribution is -0.384. The Hall–Kier alpha value is -2.62. The maximum Gasteiger partial charge on any atom is 0.270 e. The summed E-state index contributed by atoms with van der Waals surface area (Å²) in [7, 11) is 0. The molecule has 0 radical (unpaired) electrons. The number of benzene rings is 2. The van der Waals surface area contributed by atoms with Crippen LogP contribution in [0.15, 0.2) is 42.5 Å². The lowest BCUT2D eigenvalue weighted by Gasteiger charge is -2.08. The highest BCUT2D eigenvalue weighted by Crippen LogP contribution is 2.29. The molecule has 10 heteroatoms. The molecule has 2 aromatic carbocycles. The minimum Gasteiger partial charge on any atom is -0.308 e. The fourth-order valence-electron chi connectivity index (χ4n) is 2.02. The van der Waals surface area contributed by atoms with Crippen molar-refractivity contribution in [3.63, 3.8) is 0 Å². The molecule has 0 saturated heterocycles. The first-order valence-corrected chi connectivity index (χ1v) is 8.46. The smallest absolute Gasteiger partial charge is 0.270 e. The number of nitrogens with one attached hydrogen (secondary N) is 2. The van der Waals surface area contributed by atoms with E-state index in [1.165, 1.54) is 23.5 Å². The molecule has 1 heterocycles. The number of anilines is 1.